The minimum atomic E-state index is -0.791. The molecular weight excluding hydrogens is 270 g/mol. The summed E-state index contributed by atoms with van der Waals surface area (Å²) in [6.45, 7) is 2.69. The van der Waals surface area contributed by atoms with Gasteiger partial charge in [0.15, 0.2) is 11.5 Å². The molecule has 1 atom stereocenters. The number of hydrogen-bond acceptors (Lipinski definition) is 4. The van der Waals surface area contributed by atoms with Crippen LogP contribution in [0.5, 0.6) is 11.5 Å². The van der Waals surface area contributed by atoms with Gasteiger partial charge in [0, 0.05) is 6.54 Å². The van der Waals surface area contributed by atoms with E-state index in [4.69, 9.17) is 14.6 Å². The first-order valence-electron chi connectivity index (χ1n) is 5.93. The van der Waals surface area contributed by atoms with Crippen molar-refractivity contribution in [3.8, 4) is 11.5 Å². The summed E-state index contributed by atoms with van der Waals surface area (Å²) in [5.74, 6) is 0.677. The molecule has 0 radical (unpaired) electrons. The second kappa shape index (κ2) is 6.63. The summed E-state index contributed by atoms with van der Waals surface area (Å²) in [6, 6.07) is 5.22. The maximum absolute atomic E-state index is 11.1. The number of ether oxygens (including phenoxy) is 2. The van der Waals surface area contributed by atoms with E-state index in [-0.39, 0.29) is 19.2 Å². The molecule has 0 aromatic heterocycles. The van der Waals surface area contributed by atoms with Crippen LogP contribution in [-0.2, 0) is 11.3 Å². The molecule has 0 saturated carbocycles. The molecule has 0 bridgehead atoms. The number of nitrogens with zero attached hydrogens (tertiary/aromatic N) is 1. The Hall–Kier alpha value is -1.46. The normalized spacial score (nSPS) is 14.1. The van der Waals surface area contributed by atoms with Gasteiger partial charge >= 0.3 is 5.97 Å². The van der Waals surface area contributed by atoms with E-state index in [0.717, 1.165) is 17.1 Å². The Morgan fingerprint density at radius 1 is 1.42 bits per heavy atom. The van der Waals surface area contributed by atoms with Crippen molar-refractivity contribution in [2.45, 2.75) is 25.9 Å². The monoisotopic (exact) mass is 287 g/mol. The third-order valence-electron chi connectivity index (χ3n) is 3.07. The van der Waals surface area contributed by atoms with Crippen LogP contribution >= 0.6 is 12.4 Å². The van der Waals surface area contributed by atoms with Crippen LogP contribution in [-0.4, -0.2) is 35.9 Å². The van der Waals surface area contributed by atoms with E-state index in [9.17, 15) is 4.79 Å². The van der Waals surface area contributed by atoms with Crippen LogP contribution < -0.4 is 9.47 Å². The molecule has 19 heavy (non-hydrogen) atoms. The molecule has 2 rings (SSSR count). The Balaban J connectivity index is 0.00000180. The van der Waals surface area contributed by atoms with Gasteiger partial charge in [-0.3, -0.25) is 9.69 Å². The predicted molar refractivity (Wildman–Crippen MR) is 73.0 cm³/mol. The van der Waals surface area contributed by atoms with E-state index in [1.54, 1.807) is 0 Å². The number of benzene rings is 1. The molecule has 0 aliphatic carbocycles. The maximum Gasteiger partial charge on any atom is 0.320 e. The van der Waals surface area contributed by atoms with Crippen molar-refractivity contribution in [2.75, 3.05) is 13.8 Å². The van der Waals surface area contributed by atoms with Crippen molar-refractivity contribution in [3.63, 3.8) is 0 Å². The van der Waals surface area contributed by atoms with Gasteiger partial charge in [0.1, 0.15) is 6.04 Å². The van der Waals surface area contributed by atoms with Gasteiger partial charge in [-0.05, 0) is 31.2 Å². The molecule has 0 spiro atoms. The Kier molecular flexibility index (Phi) is 5.44. The SMILES string of the molecule is CCC(C(=O)O)N(C)Cc1ccc2c(c1)OCO2.Cl. The van der Waals surface area contributed by atoms with E-state index >= 15 is 0 Å². The van der Waals surface area contributed by atoms with Gasteiger partial charge in [-0.15, -0.1) is 12.4 Å². The van der Waals surface area contributed by atoms with Crippen LogP contribution in [0.15, 0.2) is 18.2 Å². The summed E-state index contributed by atoms with van der Waals surface area (Å²) in [4.78, 5) is 12.9. The average molecular weight is 288 g/mol. The van der Waals surface area contributed by atoms with E-state index in [0.29, 0.717) is 13.0 Å². The van der Waals surface area contributed by atoms with E-state index < -0.39 is 12.0 Å². The van der Waals surface area contributed by atoms with Crippen LogP contribution in [0.3, 0.4) is 0 Å². The first-order chi connectivity index (χ1) is 8.61. The molecule has 0 fully saturated rings. The fourth-order valence-corrected chi connectivity index (χ4v) is 2.11. The van der Waals surface area contributed by atoms with Crippen molar-refractivity contribution in [1.82, 2.24) is 4.90 Å². The summed E-state index contributed by atoms with van der Waals surface area (Å²) in [5.41, 5.74) is 1.02. The van der Waals surface area contributed by atoms with Gasteiger partial charge in [-0.25, -0.2) is 0 Å². The lowest BCUT2D eigenvalue weighted by Crippen LogP contribution is -2.37. The van der Waals surface area contributed by atoms with Gasteiger partial charge in [0.2, 0.25) is 6.79 Å². The van der Waals surface area contributed by atoms with Gasteiger partial charge in [-0.1, -0.05) is 13.0 Å². The van der Waals surface area contributed by atoms with Crippen LogP contribution in [0.1, 0.15) is 18.9 Å². The zero-order valence-electron chi connectivity index (χ0n) is 11.0. The summed E-state index contributed by atoms with van der Waals surface area (Å²) in [6.07, 6.45) is 0.580. The zero-order valence-corrected chi connectivity index (χ0v) is 11.8. The Labute approximate surface area is 118 Å². The number of aliphatic carboxylic acids is 1. The number of hydrogen-bond donors (Lipinski definition) is 1. The van der Waals surface area contributed by atoms with E-state index in [1.807, 2.05) is 37.1 Å². The summed E-state index contributed by atoms with van der Waals surface area (Å²) >= 11 is 0. The molecule has 0 amide bonds. The molecule has 1 aliphatic rings. The highest BCUT2D eigenvalue weighted by molar-refractivity contribution is 5.85. The van der Waals surface area contributed by atoms with E-state index in [1.165, 1.54) is 0 Å². The standard InChI is InChI=1S/C13H17NO4.ClH/c1-3-10(13(15)16)14(2)7-9-4-5-11-12(6-9)18-8-17-11;/h4-6,10H,3,7-8H2,1-2H3,(H,15,16);1H. The molecule has 6 heteroatoms. The number of carboxylic acids is 1. The Morgan fingerprint density at radius 2 is 2.11 bits per heavy atom. The first-order valence-corrected chi connectivity index (χ1v) is 5.93. The molecule has 1 unspecified atom stereocenters. The molecule has 5 nitrogen and oxygen atoms in total. The second-order valence-electron chi connectivity index (χ2n) is 4.37. The summed E-state index contributed by atoms with van der Waals surface area (Å²) < 4.78 is 10.5. The van der Waals surface area contributed by atoms with Gasteiger partial charge < -0.3 is 14.6 Å². The fourth-order valence-electron chi connectivity index (χ4n) is 2.11. The van der Waals surface area contributed by atoms with Gasteiger partial charge in [0.25, 0.3) is 0 Å². The van der Waals surface area contributed by atoms with Crippen molar-refractivity contribution in [2.24, 2.45) is 0 Å². The topological polar surface area (TPSA) is 59.0 Å². The molecule has 1 heterocycles. The van der Waals surface area contributed by atoms with Crippen LogP contribution in [0.25, 0.3) is 0 Å². The zero-order chi connectivity index (χ0) is 13.1. The quantitative estimate of drug-likeness (QED) is 0.899. The second-order valence-corrected chi connectivity index (χ2v) is 4.37. The molecule has 1 aromatic rings. The van der Waals surface area contributed by atoms with Crippen molar-refractivity contribution in [3.05, 3.63) is 23.8 Å². The van der Waals surface area contributed by atoms with Crippen LogP contribution in [0, 0.1) is 0 Å². The fraction of sp³-hybridized carbons (Fsp3) is 0.462. The third kappa shape index (κ3) is 3.52. The smallest absolute Gasteiger partial charge is 0.320 e. The van der Waals surface area contributed by atoms with Crippen LogP contribution in [0.4, 0.5) is 0 Å². The molecule has 1 aromatic carbocycles. The Bertz CT molecular complexity index is 452. The average Bonchev–Trinajstić information content (AvgIpc) is 2.76. The van der Waals surface area contributed by atoms with Crippen molar-refractivity contribution < 1.29 is 19.4 Å². The van der Waals surface area contributed by atoms with Crippen LogP contribution in [0.2, 0.25) is 0 Å². The summed E-state index contributed by atoms with van der Waals surface area (Å²) in [5, 5.41) is 9.09. The first kappa shape index (κ1) is 15.6. The highest BCUT2D eigenvalue weighted by Crippen LogP contribution is 2.32. The number of rotatable bonds is 5. The number of likely N-dealkylation sites (N-methyl/N-ethyl adjacent to an activating group) is 1. The highest BCUT2D eigenvalue weighted by atomic mass is 35.5. The van der Waals surface area contributed by atoms with Crippen molar-refractivity contribution in [1.29, 1.82) is 0 Å². The molecular formula is C13H18ClNO4. The van der Waals surface area contributed by atoms with Gasteiger partial charge in [-0.2, -0.15) is 0 Å². The number of halogens is 1. The maximum atomic E-state index is 11.1. The lowest BCUT2D eigenvalue weighted by Gasteiger charge is -2.23. The third-order valence-corrected chi connectivity index (χ3v) is 3.07. The highest BCUT2D eigenvalue weighted by Gasteiger charge is 2.21. The molecule has 1 aliphatic heterocycles. The lowest BCUT2D eigenvalue weighted by molar-refractivity contribution is -0.143. The summed E-state index contributed by atoms with van der Waals surface area (Å²) in [7, 11) is 1.81. The lowest BCUT2D eigenvalue weighted by atomic mass is 10.1. The van der Waals surface area contributed by atoms with E-state index in [2.05, 4.69) is 0 Å². The molecule has 106 valence electrons. The largest absolute Gasteiger partial charge is 0.480 e. The minimum absolute atomic E-state index is 0. The predicted octanol–water partition coefficient (Wildman–Crippen LogP) is 2.13. The molecule has 0 saturated heterocycles. The number of fused-ring (bicyclic) bond motifs is 1. The van der Waals surface area contributed by atoms with Crippen molar-refractivity contribution >= 4 is 18.4 Å². The number of carbonyl (C=O) groups is 1. The van der Waals surface area contributed by atoms with Gasteiger partial charge in [0.05, 0.1) is 0 Å². The Morgan fingerprint density at radius 3 is 2.74 bits per heavy atom. The minimum Gasteiger partial charge on any atom is -0.480 e. The number of carboxylic acid groups (broad SMARTS) is 1. The molecule has 1 N–H and O–H groups in total.